The third kappa shape index (κ3) is 9.32. The number of nitrogens with one attached hydrogen (secondary N) is 1. The average molecular weight is 841 g/mol. The van der Waals surface area contributed by atoms with Crippen molar-refractivity contribution < 1.29 is 28.9 Å². The second kappa shape index (κ2) is 17.7. The predicted octanol–water partition coefficient (Wildman–Crippen LogP) is 8.34. The SMILES string of the molecule is N#Cc1ccc(-c2ccc(CC(NC(=O)[C@@H]3Cc4cc5c(cc4CN3Cc3ccc(N)nc3)O[C@@H](c3ccc(OCc4ccc(Cl)c(Cl)c4)cc3)CO5)C(=O)O)cc2)cc1. The molecule has 302 valence electrons. The van der Waals surface area contributed by atoms with Crippen LogP contribution in [0.15, 0.2) is 121 Å². The fraction of sp³-hybridized carbons (Fsp3) is 0.191. The summed E-state index contributed by atoms with van der Waals surface area (Å²) in [7, 11) is 0. The van der Waals surface area contributed by atoms with Crippen LogP contribution in [0.2, 0.25) is 10.0 Å². The van der Waals surface area contributed by atoms with E-state index in [1.165, 1.54) is 0 Å². The molecule has 0 aliphatic carbocycles. The monoisotopic (exact) mass is 839 g/mol. The van der Waals surface area contributed by atoms with Gasteiger partial charge in [-0.1, -0.05) is 83.9 Å². The van der Waals surface area contributed by atoms with Gasteiger partial charge in [-0.15, -0.1) is 0 Å². The molecule has 1 amide bonds. The summed E-state index contributed by atoms with van der Waals surface area (Å²) in [6, 6.07) is 35.6. The van der Waals surface area contributed by atoms with Gasteiger partial charge in [-0.25, -0.2) is 9.78 Å². The number of nitrogens with zero attached hydrogens (tertiary/aromatic N) is 3. The van der Waals surface area contributed by atoms with Crippen LogP contribution in [0.4, 0.5) is 5.82 Å². The molecule has 0 radical (unpaired) electrons. The van der Waals surface area contributed by atoms with E-state index in [-0.39, 0.29) is 19.1 Å². The number of nitrogens with two attached hydrogens (primary N) is 1. The van der Waals surface area contributed by atoms with Gasteiger partial charge in [0.1, 0.15) is 30.8 Å². The molecule has 4 N–H and O–H groups in total. The number of ether oxygens (including phenoxy) is 3. The molecule has 2 aliphatic rings. The second-order valence-electron chi connectivity index (χ2n) is 14.8. The quantitative estimate of drug-likeness (QED) is 0.109. The van der Waals surface area contributed by atoms with Crippen molar-refractivity contribution in [2.24, 2.45) is 0 Å². The molecule has 0 fully saturated rings. The number of benzene rings is 5. The third-order valence-corrected chi connectivity index (χ3v) is 11.4. The first-order valence-electron chi connectivity index (χ1n) is 19.3. The van der Waals surface area contributed by atoms with E-state index in [2.05, 4.69) is 16.4 Å². The molecule has 13 heteroatoms. The Labute approximate surface area is 356 Å². The Kier molecular flexibility index (Phi) is 11.9. The van der Waals surface area contributed by atoms with Crippen molar-refractivity contribution >= 4 is 40.9 Å². The maximum Gasteiger partial charge on any atom is 0.326 e. The molecule has 0 spiro atoms. The largest absolute Gasteiger partial charge is 0.489 e. The van der Waals surface area contributed by atoms with Crippen LogP contribution in [0.3, 0.4) is 0 Å². The molecule has 1 unspecified atom stereocenters. The van der Waals surface area contributed by atoms with Crippen molar-refractivity contribution in [3.05, 3.63) is 170 Å². The summed E-state index contributed by atoms with van der Waals surface area (Å²) in [5.74, 6) is 0.716. The van der Waals surface area contributed by atoms with Crippen LogP contribution in [-0.4, -0.2) is 45.6 Å². The average Bonchev–Trinajstić information content (AvgIpc) is 3.26. The van der Waals surface area contributed by atoms with Crippen LogP contribution < -0.4 is 25.3 Å². The number of hydrogen-bond donors (Lipinski definition) is 3. The molecule has 3 atom stereocenters. The number of carboxylic acids is 1. The van der Waals surface area contributed by atoms with Crippen LogP contribution in [0.5, 0.6) is 17.2 Å². The highest BCUT2D eigenvalue weighted by molar-refractivity contribution is 6.42. The van der Waals surface area contributed by atoms with Gasteiger partial charge in [-0.3, -0.25) is 9.69 Å². The topological polar surface area (TPSA) is 160 Å². The molecule has 8 rings (SSSR count). The lowest BCUT2D eigenvalue weighted by molar-refractivity contribution is -0.142. The Morgan fingerprint density at radius 2 is 1.58 bits per heavy atom. The Morgan fingerprint density at radius 1 is 0.883 bits per heavy atom. The summed E-state index contributed by atoms with van der Waals surface area (Å²) in [4.78, 5) is 33.0. The minimum absolute atomic E-state index is 0.0915. The van der Waals surface area contributed by atoms with Gasteiger partial charge in [0.05, 0.1) is 27.7 Å². The van der Waals surface area contributed by atoms with Crippen LogP contribution in [0, 0.1) is 11.3 Å². The molecule has 0 saturated carbocycles. The number of carbonyl (C=O) groups excluding carboxylic acids is 1. The van der Waals surface area contributed by atoms with Crippen molar-refractivity contribution in [2.75, 3.05) is 12.3 Å². The first kappa shape index (κ1) is 40.2. The molecule has 6 aromatic rings. The van der Waals surface area contributed by atoms with Gasteiger partial charge in [-0.2, -0.15) is 5.26 Å². The van der Waals surface area contributed by atoms with E-state index in [1.807, 2.05) is 89.8 Å². The van der Waals surface area contributed by atoms with Gasteiger partial charge in [0.2, 0.25) is 5.91 Å². The number of nitriles is 1. The number of aromatic nitrogens is 1. The van der Waals surface area contributed by atoms with E-state index in [0.29, 0.717) is 64.8 Å². The number of nitrogen functional groups attached to an aromatic ring is 1. The lowest BCUT2D eigenvalue weighted by atomic mass is 9.91. The number of fused-ring (bicyclic) bond motifs is 2. The molecule has 1 aromatic heterocycles. The molecular formula is C47H39Cl2N5O6. The molecule has 0 saturated heterocycles. The van der Waals surface area contributed by atoms with Crippen LogP contribution in [0.1, 0.15) is 45.0 Å². The number of rotatable bonds is 12. The van der Waals surface area contributed by atoms with E-state index in [0.717, 1.165) is 44.5 Å². The summed E-state index contributed by atoms with van der Waals surface area (Å²) in [5, 5.41) is 23.2. The van der Waals surface area contributed by atoms with E-state index in [9.17, 15) is 14.7 Å². The smallest absolute Gasteiger partial charge is 0.326 e. The lowest BCUT2D eigenvalue weighted by Gasteiger charge is -2.37. The molecule has 3 heterocycles. The molecule has 0 bridgehead atoms. The normalized spacial score (nSPS) is 16.2. The molecule has 2 aliphatic heterocycles. The predicted molar refractivity (Wildman–Crippen MR) is 228 cm³/mol. The highest BCUT2D eigenvalue weighted by Crippen LogP contribution is 2.41. The number of halogens is 2. The van der Waals surface area contributed by atoms with Gasteiger partial charge in [-0.05, 0) is 106 Å². The third-order valence-electron chi connectivity index (χ3n) is 10.7. The summed E-state index contributed by atoms with van der Waals surface area (Å²) in [5.41, 5.74) is 13.6. The Balaban J connectivity index is 0.964. The Morgan fingerprint density at radius 3 is 2.27 bits per heavy atom. The summed E-state index contributed by atoms with van der Waals surface area (Å²) in [6.45, 7) is 1.38. The maximum absolute atomic E-state index is 14.2. The summed E-state index contributed by atoms with van der Waals surface area (Å²) >= 11 is 12.2. The second-order valence-corrected chi connectivity index (χ2v) is 15.6. The number of hydrogen-bond acceptors (Lipinski definition) is 9. The van der Waals surface area contributed by atoms with E-state index < -0.39 is 24.0 Å². The summed E-state index contributed by atoms with van der Waals surface area (Å²) in [6.07, 6.45) is 1.73. The number of anilines is 1. The van der Waals surface area contributed by atoms with Crippen molar-refractivity contribution in [2.45, 2.75) is 50.7 Å². The first-order valence-corrected chi connectivity index (χ1v) is 20.0. The van der Waals surface area contributed by atoms with Gasteiger partial charge in [0.25, 0.3) is 0 Å². The van der Waals surface area contributed by atoms with E-state index in [1.54, 1.807) is 36.5 Å². The maximum atomic E-state index is 14.2. The molecule has 5 aromatic carbocycles. The van der Waals surface area contributed by atoms with Crippen LogP contribution in [0.25, 0.3) is 11.1 Å². The number of aliphatic carboxylic acids is 1. The molecule has 60 heavy (non-hydrogen) atoms. The standard InChI is InChI=1S/C47H39Cl2N5O6/c48-38-15-5-30(17-39(38)49)26-58-37-13-11-34(12-14-37)44-27-59-42-20-35-19-41(54(25-36(35)21-43(42)60-44)24-31-6-16-45(51)52-23-31)46(55)53-40(47(56)57)18-28-1-7-32(8-2-28)33-9-3-29(22-50)4-10-33/h1-17,20-21,23,40-41,44H,18-19,24-27H2,(H2,51,52)(H,53,55)(H,56,57)/t40?,41-,44+/m0/s1. The fourth-order valence-corrected chi connectivity index (χ4v) is 7.73. The fourth-order valence-electron chi connectivity index (χ4n) is 7.41. The highest BCUT2D eigenvalue weighted by atomic mass is 35.5. The number of pyridine rings is 1. The van der Waals surface area contributed by atoms with Gasteiger partial charge in [0, 0.05) is 25.7 Å². The lowest BCUT2D eigenvalue weighted by Crippen LogP contribution is -2.54. The van der Waals surface area contributed by atoms with Crippen molar-refractivity contribution in [3.63, 3.8) is 0 Å². The summed E-state index contributed by atoms with van der Waals surface area (Å²) < 4.78 is 18.7. The number of amides is 1. The van der Waals surface area contributed by atoms with Crippen molar-refractivity contribution in [3.8, 4) is 34.4 Å². The van der Waals surface area contributed by atoms with Crippen molar-refractivity contribution in [1.82, 2.24) is 15.2 Å². The minimum atomic E-state index is -1.17. The highest BCUT2D eigenvalue weighted by Gasteiger charge is 2.36. The first-order chi connectivity index (χ1) is 29.1. The molecule has 11 nitrogen and oxygen atoms in total. The van der Waals surface area contributed by atoms with Crippen LogP contribution >= 0.6 is 23.2 Å². The number of carboxylic acid groups (broad SMARTS) is 1. The van der Waals surface area contributed by atoms with E-state index in [4.69, 9.17) is 48.4 Å². The Hall–Kier alpha value is -6.58. The Bertz CT molecular complexity index is 2560. The zero-order valence-electron chi connectivity index (χ0n) is 32.2. The molecular weight excluding hydrogens is 801 g/mol. The zero-order chi connectivity index (χ0) is 41.8. The van der Waals surface area contributed by atoms with Gasteiger partial charge < -0.3 is 30.4 Å². The van der Waals surface area contributed by atoms with Gasteiger partial charge >= 0.3 is 5.97 Å². The van der Waals surface area contributed by atoms with Gasteiger partial charge in [0.15, 0.2) is 17.6 Å². The number of carbonyl (C=O) groups is 2. The zero-order valence-corrected chi connectivity index (χ0v) is 33.7. The minimum Gasteiger partial charge on any atom is -0.489 e. The van der Waals surface area contributed by atoms with Crippen LogP contribution in [-0.2, 0) is 42.1 Å². The van der Waals surface area contributed by atoms with E-state index >= 15 is 0 Å². The van der Waals surface area contributed by atoms with Crippen molar-refractivity contribution in [1.29, 1.82) is 5.26 Å².